The topological polar surface area (TPSA) is 148 Å². The highest BCUT2D eigenvalue weighted by Crippen LogP contribution is 2.35. The first-order valence-electron chi connectivity index (χ1n) is 18.1. The monoisotopic (exact) mass is 739 g/mol. The molecule has 13 heteroatoms. The maximum atomic E-state index is 6.44. The molecule has 7 heterocycles. The van der Waals surface area contributed by atoms with Crippen molar-refractivity contribution in [2.45, 2.75) is 85.0 Å². The molecule has 1 atom stereocenters. The molecule has 0 amide bonds. The molecule has 0 aliphatic carbocycles. The third-order valence-electron chi connectivity index (χ3n) is 11.1. The number of nitrogens with two attached hydrogens (primary N) is 2. The molecule has 1 aromatic carbocycles. The van der Waals surface area contributed by atoms with E-state index in [1.54, 1.807) is 6.20 Å². The predicted octanol–water partition coefficient (Wildman–Crippen LogP) is 6.25. The molecule has 272 valence electrons. The van der Waals surface area contributed by atoms with Gasteiger partial charge in [-0.05, 0) is 77.0 Å². The van der Waals surface area contributed by atoms with Crippen LogP contribution in [0, 0.1) is 19.3 Å². The van der Waals surface area contributed by atoms with E-state index >= 15 is 0 Å². The lowest BCUT2D eigenvalue weighted by atomic mass is 9.75. The van der Waals surface area contributed by atoms with Crippen molar-refractivity contribution < 1.29 is 0 Å². The third-order valence-corrected chi connectivity index (χ3v) is 11.9. The summed E-state index contributed by atoms with van der Waals surface area (Å²) in [4.78, 5) is 37.1. The van der Waals surface area contributed by atoms with E-state index < -0.39 is 0 Å². The van der Waals surface area contributed by atoms with Crippen LogP contribution < -0.4 is 21.3 Å². The van der Waals surface area contributed by atoms with E-state index in [1.165, 1.54) is 0 Å². The molecule has 4 aliphatic heterocycles. The molecule has 8 rings (SSSR count). The third kappa shape index (κ3) is 7.28. The number of benzene rings is 1. The van der Waals surface area contributed by atoms with E-state index in [9.17, 15) is 0 Å². The quantitative estimate of drug-likeness (QED) is 0.243. The summed E-state index contributed by atoms with van der Waals surface area (Å²) in [5.41, 5.74) is 21.4. The number of aryl methyl sites for hydroxylation is 2. The van der Waals surface area contributed by atoms with Gasteiger partial charge in [-0.15, -0.1) is 0 Å². The number of halogens is 2. The molecule has 4 aromatic rings. The van der Waals surface area contributed by atoms with Crippen LogP contribution in [0.1, 0.15) is 91.6 Å². The molecule has 1 unspecified atom stereocenters. The van der Waals surface area contributed by atoms with Crippen LogP contribution in [0.15, 0.2) is 52.8 Å². The number of rotatable bonds is 5. The number of anilines is 2. The Hall–Kier alpha value is -4.03. The highest BCUT2D eigenvalue weighted by Gasteiger charge is 2.34. The van der Waals surface area contributed by atoms with Gasteiger partial charge in [-0.3, -0.25) is 15.0 Å². The molecule has 2 saturated heterocycles. The summed E-state index contributed by atoms with van der Waals surface area (Å²) in [6.45, 7) is 15.3. The van der Waals surface area contributed by atoms with Gasteiger partial charge in [0.2, 0.25) is 0 Å². The highest BCUT2D eigenvalue weighted by atomic mass is 35.5. The zero-order valence-electron chi connectivity index (χ0n) is 30.6. The second kappa shape index (κ2) is 14.4. The lowest BCUT2D eigenvalue weighted by molar-refractivity contribution is 0.205. The van der Waals surface area contributed by atoms with Crippen molar-refractivity contribution in [3.63, 3.8) is 0 Å². The fourth-order valence-electron chi connectivity index (χ4n) is 7.14. The van der Waals surface area contributed by atoms with E-state index in [0.29, 0.717) is 23.1 Å². The van der Waals surface area contributed by atoms with E-state index in [0.717, 1.165) is 120 Å². The zero-order chi connectivity index (χ0) is 36.8. The smallest absolute Gasteiger partial charge is 0.147 e. The van der Waals surface area contributed by atoms with Crippen molar-refractivity contribution in [3.8, 4) is 0 Å². The van der Waals surface area contributed by atoms with Gasteiger partial charge in [-0.1, -0.05) is 41.8 Å². The van der Waals surface area contributed by atoms with Crippen LogP contribution in [0.2, 0.25) is 10.0 Å². The number of aromatic nitrogens is 5. The molecule has 0 bridgehead atoms. The van der Waals surface area contributed by atoms with E-state index in [4.69, 9.17) is 49.6 Å². The Morgan fingerprint density at radius 2 is 1.29 bits per heavy atom. The molecule has 0 saturated carbocycles. The van der Waals surface area contributed by atoms with Gasteiger partial charge in [0.25, 0.3) is 0 Å². The van der Waals surface area contributed by atoms with Crippen LogP contribution in [0.25, 0.3) is 0 Å². The predicted molar refractivity (Wildman–Crippen MR) is 210 cm³/mol. The SMILES string of the molecule is Cc1ccc(Cl)c(C2=NCc3nc(N4CCC(C)(N)CC4)cnc32)c1.Cc1nccc(C2=NCc3nc(N4CCC(C)(C(C)N)CC4)cnc32)c1Cl. The molecular weight excluding hydrogens is 693 g/mol. The minimum Gasteiger partial charge on any atom is -0.355 e. The van der Waals surface area contributed by atoms with Gasteiger partial charge in [-0.2, -0.15) is 0 Å². The van der Waals surface area contributed by atoms with Gasteiger partial charge in [0.05, 0.1) is 64.0 Å². The van der Waals surface area contributed by atoms with Gasteiger partial charge < -0.3 is 21.3 Å². The van der Waals surface area contributed by atoms with Crippen molar-refractivity contribution in [1.29, 1.82) is 0 Å². The van der Waals surface area contributed by atoms with Crippen molar-refractivity contribution >= 4 is 46.3 Å². The standard InChI is InChI=1S/C20H25ClN6.C19H22ClN5/c1-12-17(21)14(4-7-23-12)18-19-15(10-24-18)26-16(11-25-19)27-8-5-20(3,6-9-27)13(2)22;1-12-3-4-14(20)13(9-12)17-18-15(10-22-17)24-16(11-23-18)25-7-5-19(2,21)6-8-25/h4,7,11,13H,5-6,8-10,22H2,1-3H3;3-4,9,11H,5-8,10,21H2,1-2H3. The number of hydrogen-bond acceptors (Lipinski definition) is 11. The first-order chi connectivity index (χ1) is 24.8. The zero-order valence-corrected chi connectivity index (χ0v) is 32.1. The average molecular weight is 741 g/mol. The van der Waals surface area contributed by atoms with Crippen molar-refractivity contribution in [3.05, 3.63) is 98.1 Å². The fourth-order valence-corrected chi connectivity index (χ4v) is 7.55. The molecule has 4 aliphatic rings. The fraction of sp³-hybridized carbons (Fsp3) is 0.462. The van der Waals surface area contributed by atoms with Crippen molar-refractivity contribution in [2.75, 3.05) is 36.0 Å². The van der Waals surface area contributed by atoms with Crippen LogP contribution >= 0.6 is 23.2 Å². The van der Waals surface area contributed by atoms with Crippen LogP contribution in [-0.2, 0) is 13.1 Å². The minimum absolute atomic E-state index is 0.0706. The molecule has 0 radical (unpaired) electrons. The van der Waals surface area contributed by atoms with Crippen LogP contribution in [0.3, 0.4) is 0 Å². The Kier molecular flexibility index (Phi) is 10.1. The number of fused-ring (bicyclic) bond motifs is 2. The largest absolute Gasteiger partial charge is 0.355 e. The number of hydrogen-bond donors (Lipinski definition) is 2. The Balaban J connectivity index is 0.000000162. The van der Waals surface area contributed by atoms with E-state index in [1.807, 2.05) is 44.4 Å². The molecular formula is C39H47Cl2N11. The maximum absolute atomic E-state index is 6.44. The molecule has 52 heavy (non-hydrogen) atoms. The summed E-state index contributed by atoms with van der Waals surface area (Å²) >= 11 is 12.8. The van der Waals surface area contributed by atoms with E-state index in [-0.39, 0.29) is 17.0 Å². The first kappa shape index (κ1) is 36.3. The highest BCUT2D eigenvalue weighted by molar-refractivity contribution is 6.36. The lowest BCUT2D eigenvalue weighted by Crippen LogP contribution is -2.48. The van der Waals surface area contributed by atoms with Gasteiger partial charge in [0.1, 0.15) is 23.0 Å². The first-order valence-corrected chi connectivity index (χ1v) is 18.8. The van der Waals surface area contributed by atoms with Crippen LogP contribution in [0.4, 0.5) is 11.6 Å². The normalized spacial score (nSPS) is 19.2. The second-order valence-electron chi connectivity index (χ2n) is 15.2. The van der Waals surface area contributed by atoms with Crippen LogP contribution in [0.5, 0.6) is 0 Å². The van der Waals surface area contributed by atoms with Gasteiger partial charge in [0.15, 0.2) is 0 Å². The van der Waals surface area contributed by atoms with Crippen molar-refractivity contribution in [2.24, 2.45) is 26.9 Å². The van der Waals surface area contributed by atoms with Gasteiger partial charge >= 0.3 is 0 Å². The van der Waals surface area contributed by atoms with E-state index in [2.05, 4.69) is 56.6 Å². The molecule has 2 fully saturated rings. The maximum Gasteiger partial charge on any atom is 0.147 e. The summed E-state index contributed by atoms with van der Waals surface area (Å²) in [5.74, 6) is 1.84. The Morgan fingerprint density at radius 1 is 0.750 bits per heavy atom. The van der Waals surface area contributed by atoms with Crippen LogP contribution in [-0.4, -0.2) is 74.1 Å². The average Bonchev–Trinajstić information content (AvgIpc) is 3.75. The molecule has 4 N–H and O–H groups in total. The number of nitrogens with zero attached hydrogens (tertiary/aromatic N) is 9. The number of pyridine rings is 1. The Morgan fingerprint density at radius 3 is 1.85 bits per heavy atom. The molecule has 3 aromatic heterocycles. The number of piperidine rings is 2. The Bertz CT molecular complexity index is 2040. The summed E-state index contributed by atoms with van der Waals surface area (Å²) in [7, 11) is 0. The van der Waals surface area contributed by atoms with Gasteiger partial charge in [0, 0.05) is 55.1 Å². The van der Waals surface area contributed by atoms with Gasteiger partial charge in [-0.25, -0.2) is 19.9 Å². The van der Waals surface area contributed by atoms with Crippen molar-refractivity contribution in [1.82, 2.24) is 24.9 Å². The summed E-state index contributed by atoms with van der Waals surface area (Å²) in [5, 5.41) is 1.32. The Labute approximate surface area is 316 Å². The summed E-state index contributed by atoms with van der Waals surface area (Å²) < 4.78 is 0. The lowest BCUT2D eigenvalue weighted by Gasteiger charge is -2.42. The molecule has 0 spiro atoms. The minimum atomic E-state index is -0.0706. The second-order valence-corrected chi connectivity index (χ2v) is 16.0. The molecule has 11 nitrogen and oxygen atoms in total. The number of aliphatic imine (C=N–C) groups is 2. The summed E-state index contributed by atoms with van der Waals surface area (Å²) in [6.07, 6.45) is 9.52. The summed E-state index contributed by atoms with van der Waals surface area (Å²) in [6, 6.07) is 8.05.